The Labute approximate surface area is 125 Å². The first-order chi connectivity index (χ1) is 9.74. The van der Waals surface area contributed by atoms with Crippen LogP contribution in [0.1, 0.15) is 33.6 Å². The smallest absolute Gasteiger partial charge is 0.317 e. The molecule has 7 nitrogen and oxygen atoms in total. The molecule has 0 aromatic rings. The second-order valence-corrected chi connectivity index (χ2v) is 6.21. The van der Waals surface area contributed by atoms with Gasteiger partial charge in [0.2, 0.25) is 5.91 Å². The van der Waals surface area contributed by atoms with Gasteiger partial charge in [0.1, 0.15) is 0 Å². The van der Waals surface area contributed by atoms with Gasteiger partial charge in [-0.3, -0.25) is 9.59 Å². The van der Waals surface area contributed by atoms with Gasteiger partial charge in [-0.25, -0.2) is 4.79 Å². The Morgan fingerprint density at radius 2 is 1.76 bits per heavy atom. The number of hydrogen-bond donors (Lipinski definition) is 3. The molecule has 0 bridgehead atoms. The van der Waals surface area contributed by atoms with Crippen molar-refractivity contribution >= 4 is 17.9 Å². The van der Waals surface area contributed by atoms with Gasteiger partial charge in [0.15, 0.2) is 0 Å². The highest BCUT2D eigenvalue weighted by molar-refractivity contribution is 5.84. The van der Waals surface area contributed by atoms with Crippen LogP contribution in [0.15, 0.2) is 0 Å². The second-order valence-electron chi connectivity index (χ2n) is 6.21. The average molecular weight is 299 g/mol. The molecule has 1 aliphatic rings. The number of nitrogens with zero attached hydrogens (tertiary/aromatic N) is 1. The molecule has 0 unspecified atom stereocenters. The van der Waals surface area contributed by atoms with Crippen molar-refractivity contribution in [1.29, 1.82) is 0 Å². The van der Waals surface area contributed by atoms with Gasteiger partial charge < -0.3 is 20.6 Å². The monoisotopic (exact) mass is 299 g/mol. The number of carboxylic acid groups (broad SMARTS) is 1. The van der Waals surface area contributed by atoms with Gasteiger partial charge in [-0.05, 0) is 25.7 Å². The molecule has 3 N–H and O–H groups in total. The van der Waals surface area contributed by atoms with E-state index in [1.807, 2.05) is 13.8 Å². The van der Waals surface area contributed by atoms with E-state index in [2.05, 4.69) is 10.6 Å². The van der Waals surface area contributed by atoms with E-state index in [1.165, 1.54) is 0 Å². The average Bonchev–Trinajstić information content (AvgIpc) is 2.43. The molecule has 1 heterocycles. The Hall–Kier alpha value is -1.79. The third-order valence-corrected chi connectivity index (χ3v) is 3.78. The van der Waals surface area contributed by atoms with E-state index in [1.54, 1.807) is 11.8 Å². The Bertz CT molecular complexity index is 401. The summed E-state index contributed by atoms with van der Waals surface area (Å²) in [6.45, 7) is 6.99. The van der Waals surface area contributed by atoms with Crippen LogP contribution in [0.3, 0.4) is 0 Å². The Morgan fingerprint density at radius 1 is 1.19 bits per heavy atom. The third kappa shape index (κ3) is 5.24. The lowest BCUT2D eigenvalue weighted by Gasteiger charge is -2.36. The molecular weight excluding hydrogens is 274 g/mol. The number of aliphatic carboxylic acids is 1. The van der Waals surface area contributed by atoms with Crippen LogP contribution in [-0.4, -0.2) is 54.1 Å². The fourth-order valence-electron chi connectivity index (χ4n) is 2.07. The van der Waals surface area contributed by atoms with Crippen LogP contribution in [0.2, 0.25) is 0 Å². The Kier molecular flexibility index (Phi) is 5.99. The molecule has 1 saturated heterocycles. The van der Waals surface area contributed by atoms with Crippen LogP contribution in [0.4, 0.5) is 4.79 Å². The van der Waals surface area contributed by atoms with Crippen molar-refractivity contribution in [3.05, 3.63) is 0 Å². The van der Waals surface area contributed by atoms with Gasteiger partial charge in [-0.1, -0.05) is 13.8 Å². The second kappa shape index (κ2) is 7.28. The first-order valence-electron chi connectivity index (χ1n) is 7.27. The van der Waals surface area contributed by atoms with Crippen LogP contribution in [-0.2, 0) is 9.59 Å². The van der Waals surface area contributed by atoms with E-state index in [-0.39, 0.29) is 18.5 Å². The molecule has 0 aromatic carbocycles. The van der Waals surface area contributed by atoms with Gasteiger partial charge in [-0.15, -0.1) is 0 Å². The van der Waals surface area contributed by atoms with Crippen molar-refractivity contribution in [2.75, 3.05) is 26.2 Å². The molecule has 0 spiro atoms. The minimum absolute atomic E-state index is 0.0573. The summed E-state index contributed by atoms with van der Waals surface area (Å²) in [6, 6.07) is -0.317. The zero-order valence-corrected chi connectivity index (χ0v) is 12.9. The van der Waals surface area contributed by atoms with E-state index in [4.69, 9.17) is 5.11 Å². The summed E-state index contributed by atoms with van der Waals surface area (Å²) in [4.78, 5) is 36.1. The van der Waals surface area contributed by atoms with Gasteiger partial charge in [-0.2, -0.15) is 0 Å². The number of carboxylic acids is 1. The van der Waals surface area contributed by atoms with Crippen LogP contribution in [0.5, 0.6) is 0 Å². The maximum absolute atomic E-state index is 11.9. The zero-order chi connectivity index (χ0) is 16.0. The summed E-state index contributed by atoms with van der Waals surface area (Å²) in [7, 11) is 0. The molecule has 0 atom stereocenters. The Balaban J connectivity index is 2.31. The Morgan fingerprint density at radius 3 is 2.24 bits per heavy atom. The molecule has 21 heavy (non-hydrogen) atoms. The molecule has 120 valence electrons. The fraction of sp³-hybridized carbons (Fsp3) is 0.786. The van der Waals surface area contributed by atoms with E-state index in [9.17, 15) is 14.4 Å². The molecular formula is C14H25N3O4. The van der Waals surface area contributed by atoms with E-state index in [0.29, 0.717) is 38.4 Å². The highest BCUT2D eigenvalue weighted by Crippen LogP contribution is 2.30. The SMILES string of the molecule is CC(C)CNC(=O)CNC(=O)N1CCC(C)(C(=O)O)CC1. The van der Waals surface area contributed by atoms with Crippen molar-refractivity contribution in [1.82, 2.24) is 15.5 Å². The number of piperidine rings is 1. The minimum atomic E-state index is -0.823. The van der Waals surface area contributed by atoms with Crippen LogP contribution < -0.4 is 10.6 Å². The third-order valence-electron chi connectivity index (χ3n) is 3.78. The molecule has 1 fully saturated rings. The molecule has 0 aliphatic carbocycles. The number of hydrogen-bond acceptors (Lipinski definition) is 3. The van der Waals surface area contributed by atoms with Gasteiger partial charge >= 0.3 is 12.0 Å². The lowest BCUT2D eigenvalue weighted by atomic mass is 9.80. The fourth-order valence-corrected chi connectivity index (χ4v) is 2.07. The highest BCUT2D eigenvalue weighted by Gasteiger charge is 2.37. The molecule has 1 rings (SSSR count). The number of rotatable bonds is 5. The molecule has 7 heteroatoms. The summed E-state index contributed by atoms with van der Waals surface area (Å²) in [6.07, 6.45) is 0.852. The maximum Gasteiger partial charge on any atom is 0.317 e. The summed E-state index contributed by atoms with van der Waals surface area (Å²) >= 11 is 0. The lowest BCUT2D eigenvalue weighted by molar-refractivity contribution is -0.150. The number of urea groups is 1. The maximum atomic E-state index is 11.9. The van der Waals surface area contributed by atoms with Crippen LogP contribution in [0.25, 0.3) is 0 Å². The van der Waals surface area contributed by atoms with Gasteiger partial charge in [0, 0.05) is 19.6 Å². The zero-order valence-electron chi connectivity index (χ0n) is 12.9. The van der Waals surface area contributed by atoms with Crippen molar-refractivity contribution < 1.29 is 19.5 Å². The standard InChI is InChI=1S/C14H25N3O4/c1-10(2)8-15-11(18)9-16-13(21)17-6-4-14(3,5-7-17)12(19)20/h10H,4-9H2,1-3H3,(H,15,18)(H,16,21)(H,19,20). The largest absolute Gasteiger partial charge is 0.481 e. The lowest BCUT2D eigenvalue weighted by Crippen LogP contribution is -2.50. The normalized spacial score (nSPS) is 17.4. The first-order valence-corrected chi connectivity index (χ1v) is 7.27. The van der Waals surface area contributed by atoms with Crippen molar-refractivity contribution in [3.8, 4) is 0 Å². The van der Waals surface area contributed by atoms with Crippen molar-refractivity contribution in [2.24, 2.45) is 11.3 Å². The molecule has 0 saturated carbocycles. The number of likely N-dealkylation sites (tertiary alicyclic amines) is 1. The van der Waals surface area contributed by atoms with Crippen molar-refractivity contribution in [2.45, 2.75) is 33.6 Å². The number of nitrogens with one attached hydrogen (secondary N) is 2. The van der Waals surface area contributed by atoms with Gasteiger partial charge in [0.25, 0.3) is 0 Å². The summed E-state index contributed by atoms with van der Waals surface area (Å²) < 4.78 is 0. The number of amides is 3. The first kappa shape index (κ1) is 17.3. The minimum Gasteiger partial charge on any atom is -0.481 e. The molecule has 0 radical (unpaired) electrons. The van der Waals surface area contributed by atoms with Crippen LogP contribution >= 0.6 is 0 Å². The van der Waals surface area contributed by atoms with E-state index >= 15 is 0 Å². The van der Waals surface area contributed by atoms with E-state index in [0.717, 1.165) is 0 Å². The quantitative estimate of drug-likeness (QED) is 0.694. The summed E-state index contributed by atoms with van der Waals surface area (Å²) in [5, 5.41) is 14.4. The number of carbonyl (C=O) groups is 3. The van der Waals surface area contributed by atoms with Crippen molar-refractivity contribution in [3.63, 3.8) is 0 Å². The summed E-state index contributed by atoms with van der Waals surface area (Å²) in [5.74, 6) is -0.680. The topological polar surface area (TPSA) is 98.7 Å². The predicted molar refractivity (Wildman–Crippen MR) is 77.8 cm³/mol. The van der Waals surface area contributed by atoms with Gasteiger partial charge in [0.05, 0.1) is 12.0 Å². The highest BCUT2D eigenvalue weighted by atomic mass is 16.4. The summed E-state index contributed by atoms with van der Waals surface area (Å²) in [5.41, 5.74) is -0.759. The predicted octanol–water partition coefficient (Wildman–Crippen LogP) is 0.655. The molecule has 0 aromatic heterocycles. The number of carbonyl (C=O) groups excluding carboxylic acids is 2. The van der Waals surface area contributed by atoms with Crippen LogP contribution in [0, 0.1) is 11.3 Å². The molecule has 3 amide bonds. The molecule has 1 aliphatic heterocycles. The van der Waals surface area contributed by atoms with E-state index < -0.39 is 11.4 Å².